The van der Waals surface area contributed by atoms with Crippen molar-refractivity contribution in [3.8, 4) is 0 Å². The molecular weight excluding hydrogens is 383 g/mol. The van der Waals surface area contributed by atoms with Gasteiger partial charge in [0.2, 0.25) is 0 Å². The van der Waals surface area contributed by atoms with Crippen molar-refractivity contribution in [2.75, 3.05) is 30.4 Å². The Balaban J connectivity index is 2.07. The van der Waals surface area contributed by atoms with Crippen molar-refractivity contribution in [2.45, 2.75) is 39.2 Å². The summed E-state index contributed by atoms with van der Waals surface area (Å²) in [5.74, 6) is 0.0657. The molecule has 0 aliphatic carbocycles. The zero-order valence-corrected chi connectivity index (χ0v) is 18.0. The first kappa shape index (κ1) is 21.9. The number of nitrogens with zero attached hydrogens (tertiary/aromatic N) is 2. The third-order valence-electron chi connectivity index (χ3n) is 5.75. The minimum Gasteiger partial charge on any atom is -0.378 e. The summed E-state index contributed by atoms with van der Waals surface area (Å²) in [6.45, 7) is 7.52. The van der Waals surface area contributed by atoms with Gasteiger partial charge in [-0.15, -0.1) is 0 Å². The van der Waals surface area contributed by atoms with Crippen molar-refractivity contribution in [3.05, 3.63) is 47.4 Å². The predicted octanol–water partition coefficient (Wildman–Crippen LogP) is 4.81. The molecule has 160 valence electrons. The van der Waals surface area contributed by atoms with Gasteiger partial charge < -0.3 is 20.4 Å². The molecular formula is C23H29FN4O2. The molecule has 0 amide bonds. The highest BCUT2D eigenvalue weighted by Gasteiger charge is 2.32. The van der Waals surface area contributed by atoms with Gasteiger partial charge in [-0.3, -0.25) is 4.79 Å². The quantitative estimate of drug-likeness (QED) is 0.504. The van der Waals surface area contributed by atoms with E-state index in [1.54, 1.807) is 25.3 Å². The van der Waals surface area contributed by atoms with Gasteiger partial charge in [0.1, 0.15) is 17.3 Å². The molecule has 0 saturated carbocycles. The number of anilines is 3. The number of benzene rings is 1. The van der Waals surface area contributed by atoms with Crippen molar-refractivity contribution in [1.29, 1.82) is 5.41 Å². The van der Waals surface area contributed by atoms with Crippen LogP contribution in [0.5, 0.6) is 0 Å². The fourth-order valence-corrected chi connectivity index (χ4v) is 3.60. The van der Waals surface area contributed by atoms with Gasteiger partial charge in [-0.1, -0.05) is 13.8 Å². The second kappa shape index (κ2) is 8.92. The average Bonchev–Trinajstić information content (AvgIpc) is 2.75. The van der Waals surface area contributed by atoms with Crippen LogP contribution in [0.15, 0.2) is 30.3 Å². The molecule has 1 aromatic carbocycles. The Morgan fingerprint density at radius 2 is 1.93 bits per heavy atom. The van der Waals surface area contributed by atoms with Crippen LogP contribution in [0, 0.1) is 17.1 Å². The molecule has 0 radical (unpaired) electrons. The number of piperidine rings is 1. The lowest BCUT2D eigenvalue weighted by atomic mass is 9.91. The molecule has 1 fully saturated rings. The average molecular weight is 413 g/mol. The summed E-state index contributed by atoms with van der Waals surface area (Å²) < 4.78 is 19.0. The number of hydrogen-bond donors (Lipinski definition) is 2. The van der Waals surface area contributed by atoms with Gasteiger partial charge in [-0.05, 0) is 56.0 Å². The molecule has 0 atom stereocenters. The molecule has 3 rings (SSSR count). The standard InChI is InChI=1S/C23H29FN4O2/c1-15(2)21(25)20-19(28-11-9-23(3,30-4)10-12-28)13-18(14-29)27-22(20)26-17-7-5-16(24)6-8-17/h5-8,13-15,25H,9-12H2,1-4H3,(H,26,27). The highest BCUT2D eigenvalue weighted by Crippen LogP contribution is 2.35. The van der Waals surface area contributed by atoms with E-state index in [0.717, 1.165) is 31.6 Å². The van der Waals surface area contributed by atoms with E-state index in [-0.39, 0.29) is 23.0 Å². The maximum Gasteiger partial charge on any atom is 0.168 e. The van der Waals surface area contributed by atoms with Gasteiger partial charge in [0.25, 0.3) is 0 Å². The molecule has 1 aromatic heterocycles. The third kappa shape index (κ3) is 4.67. The number of methoxy groups -OCH3 is 1. The molecule has 0 spiro atoms. The fraction of sp³-hybridized carbons (Fsp3) is 0.435. The number of ether oxygens (including phenoxy) is 1. The number of hydrogen-bond acceptors (Lipinski definition) is 6. The summed E-state index contributed by atoms with van der Waals surface area (Å²) in [4.78, 5) is 18.3. The van der Waals surface area contributed by atoms with E-state index in [0.29, 0.717) is 29.1 Å². The van der Waals surface area contributed by atoms with E-state index >= 15 is 0 Å². The zero-order valence-electron chi connectivity index (χ0n) is 18.0. The van der Waals surface area contributed by atoms with Crippen LogP contribution in [0.3, 0.4) is 0 Å². The summed E-state index contributed by atoms with van der Waals surface area (Å²) in [6, 6.07) is 7.69. The van der Waals surface area contributed by atoms with E-state index in [9.17, 15) is 9.18 Å². The topological polar surface area (TPSA) is 78.3 Å². The van der Waals surface area contributed by atoms with E-state index in [1.165, 1.54) is 12.1 Å². The molecule has 7 heteroatoms. The molecule has 2 aromatic rings. The Kier molecular flexibility index (Phi) is 6.51. The Morgan fingerprint density at radius 3 is 2.47 bits per heavy atom. The second-order valence-electron chi connectivity index (χ2n) is 8.25. The summed E-state index contributed by atoms with van der Waals surface area (Å²) in [7, 11) is 1.73. The Labute approximate surface area is 177 Å². The SMILES string of the molecule is COC1(C)CCN(c2cc(C=O)nc(Nc3ccc(F)cc3)c2C(=N)C(C)C)CC1. The number of nitrogens with one attached hydrogen (secondary N) is 2. The summed E-state index contributed by atoms with van der Waals surface area (Å²) in [5, 5.41) is 11.9. The van der Waals surface area contributed by atoms with Gasteiger partial charge in [-0.25, -0.2) is 9.37 Å². The normalized spacial score (nSPS) is 15.9. The van der Waals surface area contributed by atoms with Crippen LogP contribution in [0.4, 0.5) is 21.6 Å². The summed E-state index contributed by atoms with van der Waals surface area (Å²) >= 11 is 0. The lowest BCUT2D eigenvalue weighted by molar-refractivity contribution is -0.0132. The highest BCUT2D eigenvalue weighted by atomic mass is 19.1. The number of aldehydes is 1. The second-order valence-corrected chi connectivity index (χ2v) is 8.25. The first-order valence-corrected chi connectivity index (χ1v) is 10.2. The number of rotatable bonds is 7. The molecule has 6 nitrogen and oxygen atoms in total. The van der Waals surface area contributed by atoms with E-state index in [4.69, 9.17) is 10.1 Å². The monoisotopic (exact) mass is 412 g/mol. The van der Waals surface area contributed by atoms with E-state index < -0.39 is 0 Å². The maximum atomic E-state index is 13.3. The number of halogens is 1. The molecule has 0 bridgehead atoms. The first-order valence-electron chi connectivity index (χ1n) is 10.2. The van der Waals surface area contributed by atoms with Crippen molar-refractivity contribution < 1.29 is 13.9 Å². The summed E-state index contributed by atoms with van der Waals surface area (Å²) in [5.41, 5.74) is 2.67. The Morgan fingerprint density at radius 1 is 1.30 bits per heavy atom. The van der Waals surface area contributed by atoms with Crippen LogP contribution < -0.4 is 10.2 Å². The smallest absolute Gasteiger partial charge is 0.168 e. The largest absolute Gasteiger partial charge is 0.378 e. The minimum absolute atomic E-state index is 0.0320. The number of carbonyl (C=O) groups excluding carboxylic acids is 1. The molecule has 30 heavy (non-hydrogen) atoms. The molecule has 2 heterocycles. The molecule has 2 N–H and O–H groups in total. The van der Waals surface area contributed by atoms with Gasteiger partial charge >= 0.3 is 0 Å². The van der Waals surface area contributed by atoms with Crippen LogP contribution in [0.2, 0.25) is 0 Å². The number of carbonyl (C=O) groups is 1. The third-order valence-corrected chi connectivity index (χ3v) is 5.75. The lowest BCUT2D eigenvalue weighted by Crippen LogP contribution is -2.44. The Bertz CT molecular complexity index is 920. The number of aromatic nitrogens is 1. The minimum atomic E-state index is -0.333. The van der Waals surface area contributed by atoms with Crippen molar-refractivity contribution in [2.24, 2.45) is 5.92 Å². The zero-order chi connectivity index (χ0) is 21.9. The maximum absolute atomic E-state index is 13.3. The van der Waals surface area contributed by atoms with Crippen molar-refractivity contribution in [1.82, 2.24) is 4.98 Å². The van der Waals surface area contributed by atoms with Crippen molar-refractivity contribution >= 4 is 29.2 Å². The predicted molar refractivity (Wildman–Crippen MR) is 118 cm³/mol. The fourth-order valence-electron chi connectivity index (χ4n) is 3.60. The molecule has 1 saturated heterocycles. The molecule has 1 aliphatic rings. The number of pyridine rings is 1. The van der Waals surface area contributed by atoms with Crippen LogP contribution in [-0.4, -0.2) is 42.8 Å². The van der Waals surface area contributed by atoms with E-state index in [1.807, 2.05) is 13.8 Å². The Hall–Kier alpha value is -2.80. The van der Waals surface area contributed by atoms with Crippen LogP contribution >= 0.6 is 0 Å². The van der Waals surface area contributed by atoms with Crippen LogP contribution in [-0.2, 0) is 4.74 Å². The molecule has 1 aliphatic heterocycles. The van der Waals surface area contributed by atoms with Gasteiger partial charge in [0.05, 0.1) is 16.9 Å². The highest BCUT2D eigenvalue weighted by molar-refractivity contribution is 6.09. The van der Waals surface area contributed by atoms with Crippen LogP contribution in [0.1, 0.15) is 49.7 Å². The first-order chi connectivity index (χ1) is 14.3. The lowest BCUT2D eigenvalue weighted by Gasteiger charge is -2.40. The van der Waals surface area contributed by atoms with Gasteiger partial charge in [0, 0.05) is 31.6 Å². The van der Waals surface area contributed by atoms with Crippen LogP contribution in [0.25, 0.3) is 0 Å². The van der Waals surface area contributed by atoms with Gasteiger partial charge in [0.15, 0.2) is 6.29 Å². The summed E-state index contributed by atoms with van der Waals surface area (Å²) in [6.07, 6.45) is 2.40. The van der Waals surface area contributed by atoms with Gasteiger partial charge in [-0.2, -0.15) is 0 Å². The van der Waals surface area contributed by atoms with E-state index in [2.05, 4.69) is 22.1 Å². The molecule has 0 unspecified atom stereocenters. The van der Waals surface area contributed by atoms with Crippen molar-refractivity contribution in [3.63, 3.8) is 0 Å².